The monoisotopic (exact) mass is 366 g/mol. The van der Waals surface area contributed by atoms with E-state index in [0.29, 0.717) is 21.6 Å². The summed E-state index contributed by atoms with van der Waals surface area (Å²) in [6.07, 6.45) is 0.619. The van der Waals surface area contributed by atoms with Crippen LogP contribution in [0.15, 0.2) is 28.6 Å². The van der Waals surface area contributed by atoms with Crippen molar-refractivity contribution in [2.45, 2.75) is 29.9 Å². The first kappa shape index (κ1) is 18.2. The fourth-order valence-electron chi connectivity index (χ4n) is 1.76. The molecule has 2 amide bonds. The molecule has 1 aromatic carbocycles. The molecule has 1 aromatic heterocycles. The van der Waals surface area contributed by atoms with Crippen LogP contribution in [0, 0.1) is 6.92 Å². The van der Waals surface area contributed by atoms with E-state index in [0.717, 1.165) is 5.56 Å². The van der Waals surface area contributed by atoms with Gasteiger partial charge in [0.15, 0.2) is 4.34 Å². The molecule has 1 heterocycles. The summed E-state index contributed by atoms with van der Waals surface area (Å²) in [4.78, 5) is 23.5. The second-order valence-electron chi connectivity index (χ2n) is 4.86. The van der Waals surface area contributed by atoms with Crippen molar-refractivity contribution in [2.75, 3.05) is 17.7 Å². The second-order valence-corrected chi connectivity index (χ2v) is 7.28. The molecule has 0 bridgehead atoms. The standard InChI is InChI=1S/C15H18N4O3S2/c1-4-11(12(20)22-3)23-15-19-18-14(24-15)17-13(21)16-10-7-5-9(2)6-8-10/h5-8,11H,4H2,1-3H3,(H2,16,17,18,21)/t11-/m0/s1. The fraction of sp³-hybridized carbons (Fsp3) is 0.333. The highest BCUT2D eigenvalue weighted by Crippen LogP contribution is 2.30. The van der Waals surface area contributed by atoms with Gasteiger partial charge in [-0.3, -0.25) is 10.1 Å². The topological polar surface area (TPSA) is 93.2 Å². The lowest BCUT2D eigenvalue weighted by Crippen LogP contribution is -2.19. The van der Waals surface area contributed by atoms with Crippen LogP contribution in [0.4, 0.5) is 15.6 Å². The number of hydrogen-bond donors (Lipinski definition) is 2. The number of nitrogens with one attached hydrogen (secondary N) is 2. The van der Waals surface area contributed by atoms with Gasteiger partial charge in [-0.05, 0) is 25.5 Å². The zero-order valence-electron chi connectivity index (χ0n) is 13.5. The number of carbonyl (C=O) groups is 2. The van der Waals surface area contributed by atoms with E-state index in [1.54, 1.807) is 0 Å². The van der Waals surface area contributed by atoms with E-state index < -0.39 is 6.03 Å². The van der Waals surface area contributed by atoms with Gasteiger partial charge >= 0.3 is 12.0 Å². The quantitative estimate of drug-likeness (QED) is 0.461. The molecule has 1 atom stereocenters. The van der Waals surface area contributed by atoms with Crippen LogP contribution in [0.3, 0.4) is 0 Å². The predicted octanol–water partition coefficient (Wildman–Crippen LogP) is 3.53. The lowest BCUT2D eigenvalue weighted by atomic mass is 10.2. The Bertz CT molecular complexity index is 703. The molecule has 0 unspecified atom stereocenters. The van der Waals surface area contributed by atoms with Crippen molar-refractivity contribution in [1.29, 1.82) is 0 Å². The van der Waals surface area contributed by atoms with Crippen LogP contribution in [0.25, 0.3) is 0 Å². The number of nitrogens with zero attached hydrogens (tertiary/aromatic N) is 2. The van der Waals surface area contributed by atoms with Crippen molar-refractivity contribution in [3.8, 4) is 0 Å². The largest absolute Gasteiger partial charge is 0.468 e. The molecule has 7 nitrogen and oxygen atoms in total. The van der Waals surface area contributed by atoms with Gasteiger partial charge < -0.3 is 10.1 Å². The smallest absolute Gasteiger partial charge is 0.325 e. The Kier molecular flexibility index (Phi) is 6.56. The van der Waals surface area contributed by atoms with Crippen LogP contribution >= 0.6 is 23.1 Å². The minimum absolute atomic E-state index is 0.302. The number of ether oxygens (including phenoxy) is 1. The van der Waals surface area contributed by atoms with Crippen molar-refractivity contribution in [2.24, 2.45) is 0 Å². The molecule has 2 rings (SSSR count). The SMILES string of the molecule is CC[C@H](Sc1nnc(NC(=O)Nc2ccc(C)cc2)s1)C(=O)OC. The van der Waals surface area contributed by atoms with Gasteiger partial charge in [-0.25, -0.2) is 4.79 Å². The van der Waals surface area contributed by atoms with Crippen molar-refractivity contribution >= 4 is 45.9 Å². The molecule has 0 aliphatic rings. The number of hydrogen-bond acceptors (Lipinski definition) is 7. The molecule has 0 aliphatic heterocycles. The van der Waals surface area contributed by atoms with Crippen LogP contribution in [-0.4, -0.2) is 34.6 Å². The Morgan fingerprint density at radius 3 is 2.58 bits per heavy atom. The average Bonchev–Trinajstić information content (AvgIpc) is 3.01. The molecule has 9 heteroatoms. The van der Waals surface area contributed by atoms with Gasteiger partial charge in [-0.2, -0.15) is 0 Å². The number of aryl methyl sites for hydroxylation is 1. The zero-order chi connectivity index (χ0) is 17.5. The number of esters is 1. The van der Waals surface area contributed by atoms with Crippen LogP contribution in [0.1, 0.15) is 18.9 Å². The molecule has 0 spiro atoms. The zero-order valence-corrected chi connectivity index (χ0v) is 15.2. The molecule has 0 fully saturated rings. The number of methoxy groups -OCH3 is 1. The Labute approximate surface area is 148 Å². The minimum Gasteiger partial charge on any atom is -0.468 e. The minimum atomic E-state index is -0.397. The highest BCUT2D eigenvalue weighted by molar-refractivity contribution is 8.02. The van der Waals surface area contributed by atoms with Gasteiger partial charge in [0.1, 0.15) is 5.25 Å². The van der Waals surface area contributed by atoms with Gasteiger partial charge in [0.05, 0.1) is 7.11 Å². The van der Waals surface area contributed by atoms with E-state index in [1.807, 2.05) is 38.1 Å². The number of benzene rings is 1. The molecule has 2 aromatic rings. The Hall–Kier alpha value is -2.13. The van der Waals surface area contributed by atoms with Crippen molar-refractivity contribution < 1.29 is 14.3 Å². The number of anilines is 2. The normalized spacial score (nSPS) is 11.6. The molecule has 2 N–H and O–H groups in total. The summed E-state index contributed by atoms with van der Waals surface area (Å²) >= 11 is 2.48. The van der Waals surface area contributed by atoms with Gasteiger partial charge in [-0.1, -0.05) is 47.7 Å². The number of aromatic nitrogens is 2. The summed E-state index contributed by atoms with van der Waals surface area (Å²) in [5, 5.41) is 13.2. The lowest BCUT2D eigenvalue weighted by molar-refractivity contribution is -0.140. The maximum absolute atomic E-state index is 11.9. The first-order valence-corrected chi connectivity index (χ1v) is 8.94. The molecule has 128 valence electrons. The Morgan fingerprint density at radius 2 is 1.96 bits per heavy atom. The van der Waals surface area contributed by atoms with Crippen LogP contribution in [-0.2, 0) is 9.53 Å². The number of carbonyl (C=O) groups excluding carboxylic acids is 2. The van der Waals surface area contributed by atoms with E-state index in [9.17, 15) is 9.59 Å². The molecule has 24 heavy (non-hydrogen) atoms. The molecular weight excluding hydrogens is 348 g/mol. The fourth-order valence-corrected chi connectivity index (χ4v) is 3.70. The van der Waals surface area contributed by atoms with E-state index >= 15 is 0 Å². The van der Waals surface area contributed by atoms with Crippen LogP contribution in [0.5, 0.6) is 0 Å². The molecule has 0 saturated carbocycles. The molecule has 0 saturated heterocycles. The summed E-state index contributed by atoms with van der Waals surface area (Å²) in [5.74, 6) is -0.302. The molecule has 0 radical (unpaired) electrons. The summed E-state index contributed by atoms with van der Waals surface area (Å²) < 4.78 is 5.33. The summed E-state index contributed by atoms with van der Waals surface area (Å²) in [6.45, 7) is 3.87. The Morgan fingerprint density at radius 1 is 1.25 bits per heavy atom. The lowest BCUT2D eigenvalue weighted by Gasteiger charge is -2.08. The number of thioether (sulfide) groups is 1. The van der Waals surface area contributed by atoms with Gasteiger partial charge in [-0.15, -0.1) is 10.2 Å². The average molecular weight is 366 g/mol. The number of amides is 2. The number of urea groups is 1. The van der Waals surface area contributed by atoms with Crippen molar-refractivity contribution in [1.82, 2.24) is 10.2 Å². The molecular formula is C15H18N4O3S2. The van der Waals surface area contributed by atoms with E-state index in [1.165, 1.54) is 30.2 Å². The van der Waals surface area contributed by atoms with E-state index in [2.05, 4.69) is 20.8 Å². The van der Waals surface area contributed by atoms with Crippen LogP contribution in [0.2, 0.25) is 0 Å². The Balaban J connectivity index is 1.91. The highest BCUT2D eigenvalue weighted by Gasteiger charge is 2.21. The molecule has 0 aliphatic carbocycles. The van der Waals surface area contributed by atoms with Gasteiger partial charge in [0.25, 0.3) is 0 Å². The first-order valence-electron chi connectivity index (χ1n) is 7.24. The van der Waals surface area contributed by atoms with E-state index in [4.69, 9.17) is 4.74 Å². The third-order valence-corrected chi connectivity index (χ3v) is 5.28. The maximum atomic E-state index is 11.9. The van der Waals surface area contributed by atoms with Crippen molar-refractivity contribution in [3.63, 3.8) is 0 Å². The summed E-state index contributed by atoms with van der Waals surface area (Å²) in [7, 11) is 1.36. The van der Waals surface area contributed by atoms with Gasteiger partial charge in [0.2, 0.25) is 5.13 Å². The predicted molar refractivity (Wildman–Crippen MR) is 95.7 cm³/mol. The third kappa shape index (κ3) is 5.20. The van der Waals surface area contributed by atoms with Crippen LogP contribution < -0.4 is 10.6 Å². The summed E-state index contributed by atoms with van der Waals surface area (Å²) in [5.41, 5.74) is 1.80. The number of rotatable bonds is 6. The second kappa shape index (κ2) is 8.65. The van der Waals surface area contributed by atoms with Gasteiger partial charge in [0, 0.05) is 5.69 Å². The maximum Gasteiger partial charge on any atom is 0.325 e. The first-order chi connectivity index (χ1) is 11.5. The van der Waals surface area contributed by atoms with E-state index in [-0.39, 0.29) is 11.2 Å². The summed E-state index contributed by atoms with van der Waals surface area (Å²) in [6, 6.07) is 7.06. The third-order valence-electron chi connectivity index (χ3n) is 3.01. The highest BCUT2D eigenvalue weighted by atomic mass is 32.2. The van der Waals surface area contributed by atoms with Crippen molar-refractivity contribution in [3.05, 3.63) is 29.8 Å².